The maximum absolute atomic E-state index is 4.67. The lowest BCUT2D eigenvalue weighted by molar-refractivity contribution is 0.945. The fraction of sp³-hybridized carbons (Fsp3) is 0.200. The molecule has 0 atom stereocenters. The fourth-order valence-electron chi connectivity index (χ4n) is 1.91. The molecule has 4 nitrogen and oxygen atoms in total. The van der Waals surface area contributed by atoms with Crippen molar-refractivity contribution in [1.29, 1.82) is 0 Å². The van der Waals surface area contributed by atoms with Gasteiger partial charge in [0, 0.05) is 23.8 Å². The van der Waals surface area contributed by atoms with Gasteiger partial charge in [0.1, 0.15) is 10.8 Å². The Bertz CT molecular complexity index is 693. The van der Waals surface area contributed by atoms with E-state index in [0.29, 0.717) is 0 Å². The van der Waals surface area contributed by atoms with Crippen LogP contribution in [0.15, 0.2) is 58.8 Å². The first kappa shape index (κ1) is 13.0. The molecule has 1 N–H and O–H groups in total. The number of nitrogens with one attached hydrogen (secondary N) is 1. The van der Waals surface area contributed by atoms with Gasteiger partial charge in [-0.2, -0.15) is 0 Å². The smallest absolute Gasteiger partial charge is 0.170 e. The fourth-order valence-corrected chi connectivity index (χ4v) is 2.82. The lowest BCUT2D eigenvalue weighted by Gasteiger charge is -2.08. The maximum Gasteiger partial charge on any atom is 0.170 e. The van der Waals surface area contributed by atoms with Gasteiger partial charge < -0.3 is 9.72 Å². The third kappa shape index (κ3) is 2.77. The molecule has 0 aliphatic heterocycles. The van der Waals surface area contributed by atoms with Crippen LogP contribution in [0.3, 0.4) is 0 Å². The summed E-state index contributed by atoms with van der Waals surface area (Å²) in [6.45, 7) is 3.06. The Hall–Kier alpha value is -2.01. The van der Waals surface area contributed by atoms with Crippen LogP contribution < -0.4 is 5.32 Å². The molecule has 0 spiro atoms. The van der Waals surface area contributed by atoms with Crippen LogP contribution in [0.25, 0.3) is 5.65 Å². The minimum absolute atomic E-state index is 0.885. The Morgan fingerprint density at radius 2 is 2.10 bits per heavy atom. The van der Waals surface area contributed by atoms with Gasteiger partial charge in [-0.1, -0.05) is 36.9 Å². The van der Waals surface area contributed by atoms with Crippen LogP contribution >= 0.6 is 11.8 Å². The highest BCUT2D eigenvalue weighted by atomic mass is 32.2. The molecule has 2 aromatic heterocycles. The van der Waals surface area contributed by atoms with Crippen molar-refractivity contribution in [3.05, 3.63) is 48.9 Å². The van der Waals surface area contributed by atoms with Gasteiger partial charge in [0.2, 0.25) is 0 Å². The van der Waals surface area contributed by atoms with Crippen LogP contribution in [0, 0.1) is 0 Å². The van der Waals surface area contributed by atoms with Crippen LogP contribution in [0.2, 0.25) is 0 Å². The van der Waals surface area contributed by atoms with E-state index >= 15 is 0 Å². The molecule has 0 saturated heterocycles. The Morgan fingerprint density at radius 3 is 2.90 bits per heavy atom. The first-order valence-electron chi connectivity index (χ1n) is 6.67. The topological polar surface area (TPSA) is 42.2 Å². The SMILES string of the molecule is CCCNc1cn2ccnc2c(Sc2ccccc2)n1. The second-order valence-electron chi connectivity index (χ2n) is 4.43. The first-order chi connectivity index (χ1) is 9.86. The van der Waals surface area contributed by atoms with E-state index < -0.39 is 0 Å². The Kier molecular flexibility index (Phi) is 3.87. The predicted octanol–water partition coefficient (Wildman–Crippen LogP) is 3.70. The van der Waals surface area contributed by atoms with E-state index in [1.54, 1.807) is 18.0 Å². The molecule has 102 valence electrons. The molecule has 2 heterocycles. The van der Waals surface area contributed by atoms with E-state index in [9.17, 15) is 0 Å². The number of imidazole rings is 1. The summed E-state index contributed by atoms with van der Waals surface area (Å²) in [4.78, 5) is 10.2. The number of anilines is 1. The molecule has 1 aromatic carbocycles. The second-order valence-corrected chi connectivity index (χ2v) is 5.49. The van der Waals surface area contributed by atoms with Crippen LogP contribution in [0.1, 0.15) is 13.3 Å². The summed E-state index contributed by atoms with van der Waals surface area (Å²) in [7, 11) is 0. The molecule has 0 unspecified atom stereocenters. The van der Waals surface area contributed by atoms with E-state index in [2.05, 4.69) is 34.3 Å². The summed E-state index contributed by atoms with van der Waals surface area (Å²) in [5.74, 6) is 0.885. The van der Waals surface area contributed by atoms with Crippen molar-refractivity contribution in [2.75, 3.05) is 11.9 Å². The van der Waals surface area contributed by atoms with Gasteiger partial charge in [0.15, 0.2) is 5.65 Å². The minimum atomic E-state index is 0.885. The highest BCUT2D eigenvalue weighted by molar-refractivity contribution is 7.99. The molecule has 0 bridgehead atoms. The van der Waals surface area contributed by atoms with E-state index in [1.165, 1.54) is 0 Å². The van der Waals surface area contributed by atoms with Crippen LogP contribution in [0.4, 0.5) is 5.82 Å². The van der Waals surface area contributed by atoms with Crippen molar-refractivity contribution in [1.82, 2.24) is 14.4 Å². The van der Waals surface area contributed by atoms with Crippen LogP contribution in [0.5, 0.6) is 0 Å². The van der Waals surface area contributed by atoms with Gasteiger partial charge in [0.25, 0.3) is 0 Å². The molecular weight excluding hydrogens is 268 g/mol. The van der Waals surface area contributed by atoms with Crippen molar-refractivity contribution in [3.63, 3.8) is 0 Å². The van der Waals surface area contributed by atoms with Crippen LogP contribution in [-0.4, -0.2) is 20.9 Å². The third-order valence-corrected chi connectivity index (χ3v) is 3.83. The molecule has 20 heavy (non-hydrogen) atoms. The highest BCUT2D eigenvalue weighted by Gasteiger charge is 2.09. The Morgan fingerprint density at radius 1 is 1.25 bits per heavy atom. The summed E-state index contributed by atoms with van der Waals surface area (Å²) in [6.07, 6.45) is 6.80. The van der Waals surface area contributed by atoms with Crippen molar-refractivity contribution in [2.24, 2.45) is 0 Å². The molecule has 5 heteroatoms. The summed E-state index contributed by atoms with van der Waals surface area (Å²) in [5, 5.41) is 4.25. The summed E-state index contributed by atoms with van der Waals surface area (Å²) in [6, 6.07) is 10.2. The zero-order valence-corrected chi connectivity index (χ0v) is 12.1. The summed E-state index contributed by atoms with van der Waals surface area (Å²) >= 11 is 1.63. The summed E-state index contributed by atoms with van der Waals surface area (Å²) in [5.41, 5.74) is 0.890. The quantitative estimate of drug-likeness (QED) is 0.775. The monoisotopic (exact) mass is 284 g/mol. The number of rotatable bonds is 5. The minimum Gasteiger partial charge on any atom is -0.369 e. The number of aromatic nitrogens is 3. The van der Waals surface area contributed by atoms with Crippen molar-refractivity contribution < 1.29 is 0 Å². The molecule has 3 rings (SSSR count). The number of nitrogens with zero attached hydrogens (tertiary/aromatic N) is 3. The Balaban J connectivity index is 1.97. The van der Waals surface area contributed by atoms with E-state index in [0.717, 1.165) is 34.4 Å². The van der Waals surface area contributed by atoms with Gasteiger partial charge in [-0.3, -0.25) is 0 Å². The molecule has 0 aliphatic carbocycles. The lowest BCUT2D eigenvalue weighted by Crippen LogP contribution is -2.04. The van der Waals surface area contributed by atoms with Gasteiger partial charge in [-0.05, 0) is 18.6 Å². The normalized spacial score (nSPS) is 10.8. The number of fused-ring (bicyclic) bond motifs is 1. The zero-order valence-electron chi connectivity index (χ0n) is 11.3. The second kappa shape index (κ2) is 5.96. The van der Waals surface area contributed by atoms with E-state index in [4.69, 9.17) is 0 Å². The lowest BCUT2D eigenvalue weighted by atomic mass is 10.4. The molecule has 0 fully saturated rings. The van der Waals surface area contributed by atoms with Gasteiger partial charge in [-0.25, -0.2) is 9.97 Å². The average Bonchev–Trinajstić information content (AvgIpc) is 2.95. The highest BCUT2D eigenvalue weighted by Crippen LogP contribution is 2.29. The largest absolute Gasteiger partial charge is 0.369 e. The van der Waals surface area contributed by atoms with Crippen LogP contribution in [-0.2, 0) is 0 Å². The number of benzene rings is 1. The van der Waals surface area contributed by atoms with Crippen molar-refractivity contribution in [3.8, 4) is 0 Å². The number of hydrogen-bond donors (Lipinski definition) is 1. The van der Waals surface area contributed by atoms with Gasteiger partial charge >= 0.3 is 0 Å². The molecule has 3 aromatic rings. The first-order valence-corrected chi connectivity index (χ1v) is 7.49. The van der Waals surface area contributed by atoms with E-state index in [-0.39, 0.29) is 0 Å². The molecule has 0 saturated carbocycles. The number of hydrogen-bond acceptors (Lipinski definition) is 4. The van der Waals surface area contributed by atoms with Gasteiger partial charge in [-0.15, -0.1) is 0 Å². The van der Waals surface area contributed by atoms with E-state index in [1.807, 2.05) is 35.0 Å². The maximum atomic E-state index is 4.67. The molecule has 0 aliphatic rings. The molecule has 0 radical (unpaired) electrons. The molecule has 0 amide bonds. The third-order valence-electron chi connectivity index (χ3n) is 2.86. The van der Waals surface area contributed by atoms with Crippen molar-refractivity contribution >= 4 is 23.2 Å². The van der Waals surface area contributed by atoms with Gasteiger partial charge in [0.05, 0.1) is 6.20 Å². The zero-order chi connectivity index (χ0) is 13.8. The predicted molar refractivity (Wildman–Crippen MR) is 82.3 cm³/mol. The average molecular weight is 284 g/mol. The standard InChI is InChI=1S/C15H16N4S/c1-2-8-16-13-11-19-10-9-17-14(19)15(18-13)20-12-6-4-3-5-7-12/h3-7,9-11,16H,2,8H2,1H3. The Labute approximate surface area is 122 Å². The summed E-state index contributed by atoms with van der Waals surface area (Å²) < 4.78 is 2.01. The van der Waals surface area contributed by atoms with Crippen molar-refractivity contribution in [2.45, 2.75) is 23.3 Å². The molecular formula is C15H16N4S.